The quantitative estimate of drug-likeness (QED) is 0.881. The molecule has 1 N–H and O–H groups in total. The largest absolute Gasteiger partial charge is 0.289 e. The van der Waals surface area contributed by atoms with Crippen molar-refractivity contribution in [3.05, 3.63) is 71.8 Å². The molecule has 1 aliphatic heterocycles. The van der Waals surface area contributed by atoms with Gasteiger partial charge in [0.15, 0.2) is 0 Å². The van der Waals surface area contributed by atoms with Crippen molar-refractivity contribution in [2.24, 2.45) is 0 Å². The number of hydrogen-bond acceptors (Lipinski definition) is 3. The molecule has 0 spiro atoms. The molecule has 1 fully saturated rings. The lowest BCUT2D eigenvalue weighted by Gasteiger charge is -2.43. The highest BCUT2D eigenvalue weighted by Gasteiger charge is 2.40. The molecule has 0 aromatic heterocycles. The van der Waals surface area contributed by atoms with Crippen LogP contribution in [0.25, 0.3) is 0 Å². The van der Waals surface area contributed by atoms with Crippen LogP contribution < -0.4 is 0 Å². The molecule has 4 nitrogen and oxygen atoms in total. The van der Waals surface area contributed by atoms with E-state index in [2.05, 4.69) is 4.90 Å². The van der Waals surface area contributed by atoms with E-state index in [1.54, 1.807) is 0 Å². The van der Waals surface area contributed by atoms with E-state index in [0.717, 1.165) is 11.1 Å². The minimum absolute atomic E-state index is 0.0189. The van der Waals surface area contributed by atoms with E-state index in [0.29, 0.717) is 13.1 Å². The van der Waals surface area contributed by atoms with Gasteiger partial charge in [0.25, 0.3) is 10.1 Å². The summed E-state index contributed by atoms with van der Waals surface area (Å²) >= 11 is 0. The highest BCUT2D eigenvalue weighted by molar-refractivity contribution is 7.86. The first-order valence-electron chi connectivity index (χ1n) is 6.86. The van der Waals surface area contributed by atoms with E-state index in [-0.39, 0.29) is 6.04 Å². The summed E-state index contributed by atoms with van der Waals surface area (Å²) in [5.41, 5.74) is 2.25. The zero-order valence-electron chi connectivity index (χ0n) is 11.5. The fraction of sp³-hybridized carbons (Fsp3) is 0.250. The maximum absolute atomic E-state index is 11.2. The van der Waals surface area contributed by atoms with E-state index >= 15 is 0 Å². The second-order valence-electron chi connectivity index (χ2n) is 5.31. The molecule has 110 valence electrons. The molecule has 5 heteroatoms. The van der Waals surface area contributed by atoms with Crippen molar-refractivity contribution < 1.29 is 13.0 Å². The van der Waals surface area contributed by atoms with Gasteiger partial charge in [-0.15, -0.1) is 0 Å². The minimum Gasteiger partial charge on any atom is -0.289 e. The molecule has 0 saturated carbocycles. The van der Waals surface area contributed by atoms with E-state index < -0.39 is 15.4 Å². The molecular weight excluding hydrogens is 286 g/mol. The van der Waals surface area contributed by atoms with Crippen LogP contribution in [-0.4, -0.2) is 36.2 Å². The summed E-state index contributed by atoms with van der Waals surface area (Å²) in [6.07, 6.45) is 0. The Balaban J connectivity index is 1.89. The summed E-state index contributed by atoms with van der Waals surface area (Å²) in [4.78, 5) is 2.07. The monoisotopic (exact) mass is 303 g/mol. The van der Waals surface area contributed by atoms with Crippen molar-refractivity contribution in [2.45, 2.75) is 11.3 Å². The van der Waals surface area contributed by atoms with Crippen molar-refractivity contribution >= 4 is 10.1 Å². The number of nitrogens with zero attached hydrogens (tertiary/aromatic N) is 1. The highest BCUT2D eigenvalue weighted by atomic mass is 32.2. The molecule has 0 atom stereocenters. The van der Waals surface area contributed by atoms with Crippen molar-refractivity contribution in [3.63, 3.8) is 0 Å². The van der Waals surface area contributed by atoms with Crippen LogP contribution in [0, 0.1) is 0 Å². The van der Waals surface area contributed by atoms with Crippen LogP contribution in [0.3, 0.4) is 0 Å². The predicted molar refractivity (Wildman–Crippen MR) is 81.6 cm³/mol. The lowest BCUT2D eigenvalue weighted by Crippen LogP contribution is -2.55. The molecule has 0 aliphatic carbocycles. The molecule has 0 bridgehead atoms. The SMILES string of the molecule is O=S(=O)(O)C1CN(C(c2ccccc2)c2ccccc2)C1. The summed E-state index contributed by atoms with van der Waals surface area (Å²) < 4.78 is 31.5. The maximum atomic E-state index is 11.2. The second kappa shape index (κ2) is 5.60. The number of rotatable bonds is 4. The summed E-state index contributed by atoms with van der Waals surface area (Å²) in [5, 5.41) is -0.674. The lowest BCUT2D eigenvalue weighted by molar-refractivity contribution is 0.139. The first-order chi connectivity index (χ1) is 10.1. The molecule has 2 aromatic carbocycles. The zero-order valence-corrected chi connectivity index (χ0v) is 12.3. The van der Waals surface area contributed by atoms with Crippen LogP contribution in [0.15, 0.2) is 60.7 Å². The molecular formula is C16H17NO3S. The lowest BCUT2D eigenvalue weighted by atomic mass is 9.94. The van der Waals surface area contributed by atoms with Crippen LogP contribution in [-0.2, 0) is 10.1 Å². The maximum Gasteiger partial charge on any atom is 0.270 e. The Labute approximate surface area is 124 Å². The first kappa shape index (κ1) is 14.3. The van der Waals surface area contributed by atoms with Gasteiger partial charge in [-0.1, -0.05) is 60.7 Å². The van der Waals surface area contributed by atoms with Crippen LogP contribution in [0.2, 0.25) is 0 Å². The molecule has 21 heavy (non-hydrogen) atoms. The van der Waals surface area contributed by atoms with Gasteiger partial charge in [-0.2, -0.15) is 8.42 Å². The van der Waals surface area contributed by atoms with Gasteiger partial charge in [0.2, 0.25) is 0 Å². The van der Waals surface area contributed by atoms with Gasteiger partial charge in [-0.3, -0.25) is 9.45 Å². The standard InChI is InChI=1S/C16H17NO3S/c18-21(19,20)15-11-17(12-15)16(13-7-3-1-4-8-13)14-9-5-2-6-10-14/h1-10,15-16H,11-12H2,(H,18,19,20). The summed E-state index contributed by atoms with van der Waals surface area (Å²) in [7, 11) is -3.94. The number of benzene rings is 2. The van der Waals surface area contributed by atoms with Crippen LogP contribution >= 0.6 is 0 Å². The van der Waals surface area contributed by atoms with E-state index in [9.17, 15) is 8.42 Å². The average Bonchev–Trinajstić information content (AvgIpc) is 2.42. The van der Waals surface area contributed by atoms with Gasteiger partial charge in [-0.05, 0) is 11.1 Å². The zero-order chi connectivity index (χ0) is 14.9. The summed E-state index contributed by atoms with van der Waals surface area (Å²) in [6, 6.07) is 20.0. The van der Waals surface area contributed by atoms with E-state index in [1.165, 1.54) is 0 Å². The second-order valence-corrected chi connectivity index (χ2v) is 7.01. The smallest absolute Gasteiger partial charge is 0.270 e. The van der Waals surface area contributed by atoms with Crippen molar-refractivity contribution in [1.82, 2.24) is 4.90 Å². The highest BCUT2D eigenvalue weighted by Crippen LogP contribution is 2.33. The minimum atomic E-state index is -3.94. The third-order valence-corrected chi connectivity index (χ3v) is 5.03. The molecule has 0 unspecified atom stereocenters. The number of hydrogen-bond donors (Lipinski definition) is 1. The summed E-state index contributed by atoms with van der Waals surface area (Å²) in [6.45, 7) is 0.709. The van der Waals surface area contributed by atoms with E-state index in [4.69, 9.17) is 4.55 Å². The molecule has 1 saturated heterocycles. The van der Waals surface area contributed by atoms with Crippen LogP contribution in [0.5, 0.6) is 0 Å². The summed E-state index contributed by atoms with van der Waals surface area (Å²) in [5.74, 6) is 0. The Hall–Kier alpha value is -1.69. The van der Waals surface area contributed by atoms with Crippen molar-refractivity contribution in [3.8, 4) is 0 Å². The Morgan fingerprint density at radius 2 is 1.33 bits per heavy atom. The van der Waals surface area contributed by atoms with Crippen molar-refractivity contribution in [2.75, 3.05) is 13.1 Å². The van der Waals surface area contributed by atoms with Crippen LogP contribution in [0.4, 0.5) is 0 Å². The fourth-order valence-electron chi connectivity index (χ4n) is 2.75. The molecule has 0 radical (unpaired) electrons. The molecule has 0 amide bonds. The topological polar surface area (TPSA) is 57.6 Å². The fourth-order valence-corrected chi connectivity index (χ4v) is 3.51. The Morgan fingerprint density at radius 1 is 0.905 bits per heavy atom. The van der Waals surface area contributed by atoms with Gasteiger partial charge in [-0.25, -0.2) is 0 Å². The predicted octanol–water partition coefficient (Wildman–Crippen LogP) is 2.35. The molecule has 1 aliphatic rings. The van der Waals surface area contributed by atoms with Crippen molar-refractivity contribution in [1.29, 1.82) is 0 Å². The van der Waals surface area contributed by atoms with Gasteiger partial charge >= 0.3 is 0 Å². The van der Waals surface area contributed by atoms with Gasteiger partial charge in [0, 0.05) is 13.1 Å². The van der Waals surface area contributed by atoms with Crippen LogP contribution in [0.1, 0.15) is 17.2 Å². The average molecular weight is 303 g/mol. The third-order valence-electron chi connectivity index (χ3n) is 3.89. The Bertz CT molecular complexity index is 655. The van der Waals surface area contributed by atoms with E-state index in [1.807, 2.05) is 60.7 Å². The normalized spacial score (nSPS) is 16.9. The molecule has 1 heterocycles. The molecule has 2 aromatic rings. The van der Waals surface area contributed by atoms with Gasteiger partial charge in [0.05, 0.1) is 6.04 Å². The third kappa shape index (κ3) is 3.00. The van der Waals surface area contributed by atoms with Gasteiger partial charge in [0.1, 0.15) is 5.25 Å². The Morgan fingerprint density at radius 3 is 1.71 bits per heavy atom. The number of likely N-dealkylation sites (tertiary alicyclic amines) is 1. The first-order valence-corrected chi connectivity index (χ1v) is 8.36. The van der Waals surface area contributed by atoms with Gasteiger partial charge < -0.3 is 0 Å². The Kier molecular flexibility index (Phi) is 3.80. The molecule has 3 rings (SSSR count).